The van der Waals surface area contributed by atoms with Crippen molar-refractivity contribution in [1.82, 2.24) is 0 Å². The highest BCUT2D eigenvalue weighted by Crippen LogP contribution is 2.04. The Bertz CT molecular complexity index is 548. The van der Waals surface area contributed by atoms with Gasteiger partial charge in [-0.1, -0.05) is 67.6 Å². The van der Waals surface area contributed by atoms with Gasteiger partial charge in [-0.2, -0.15) is 0 Å². The van der Waals surface area contributed by atoms with Crippen LogP contribution < -0.4 is 10.4 Å². The van der Waals surface area contributed by atoms with Gasteiger partial charge in [-0.25, -0.2) is 0 Å². The van der Waals surface area contributed by atoms with E-state index in [0.29, 0.717) is 6.10 Å². The summed E-state index contributed by atoms with van der Waals surface area (Å²) in [4.78, 5) is 0. The van der Waals surface area contributed by atoms with Crippen LogP contribution in [-0.2, 0) is 13.9 Å². The second kappa shape index (κ2) is 13.7. The van der Waals surface area contributed by atoms with Crippen LogP contribution in [0.3, 0.4) is 0 Å². The first kappa shape index (κ1) is 21.8. The zero-order valence-electron chi connectivity index (χ0n) is 16.7. The van der Waals surface area contributed by atoms with Gasteiger partial charge < -0.3 is 13.9 Å². The maximum absolute atomic E-state index is 6.35. The van der Waals surface area contributed by atoms with Crippen molar-refractivity contribution in [2.24, 2.45) is 0 Å². The molecule has 0 amide bonds. The number of unbranched alkanes of at least 4 members (excludes halogenated alkanes) is 2. The molecule has 4 heteroatoms. The fourth-order valence-electron chi connectivity index (χ4n) is 2.98. The molecular formula is C23H33O3Si. The van der Waals surface area contributed by atoms with E-state index in [9.17, 15) is 0 Å². The van der Waals surface area contributed by atoms with Gasteiger partial charge in [0.1, 0.15) is 0 Å². The summed E-state index contributed by atoms with van der Waals surface area (Å²) in [5, 5.41) is 2.61. The molecule has 0 aliphatic rings. The number of hydrogen-bond acceptors (Lipinski definition) is 3. The molecule has 1 atom stereocenters. The van der Waals surface area contributed by atoms with Crippen LogP contribution in [0.2, 0.25) is 0 Å². The monoisotopic (exact) mass is 385 g/mol. The molecule has 0 fully saturated rings. The fraction of sp³-hybridized carbons (Fsp3) is 0.478. The number of methoxy groups -OCH3 is 1. The van der Waals surface area contributed by atoms with Gasteiger partial charge in [0.2, 0.25) is 0 Å². The van der Waals surface area contributed by atoms with Crippen molar-refractivity contribution in [3.05, 3.63) is 60.7 Å². The Labute approximate surface area is 166 Å². The minimum atomic E-state index is -1.16. The molecule has 0 N–H and O–H groups in total. The van der Waals surface area contributed by atoms with E-state index in [-0.39, 0.29) is 0 Å². The molecule has 2 aromatic carbocycles. The van der Waals surface area contributed by atoms with Crippen molar-refractivity contribution in [3.8, 4) is 0 Å². The van der Waals surface area contributed by atoms with Crippen LogP contribution in [0.1, 0.15) is 39.0 Å². The van der Waals surface area contributed by atoms with Gasteiger partial charge in [0, 0.05) is 26.9 Å². The van der Waals surface area contributed by atoms with Gasteiger partial charge >= 0.3 is 0 Å². The Hall–Kier alpha value is -1.46. The van der Waals surface area contributed by atoms with Gasteiger partial charge in [-0.05, 0) is 42.5 Å². The minimum Gasteiger partial charge on any atom is -0.407 e. The molecule has 0 saturated heterocycles. The maximum atomic E-state index is 6.35. The maximum Gasteiger partial charge on any atom is 0.282 e. The lowest BCUT2D eigenvalue weighted by atomic mass is 10.2. The molecule has 3 nitrogen and oxygen atoms in total. The van der Waals surface area contributed by atoms with E-state index in [2.05, 4.69) is 67.6 Å². The van der Waals surface area contributed by atoms with Gasteiger partial charge in [0.25, 0.3) is 9.04 Å². The summed E-state index contributed by atoms with van der Waals surface area (Å²) < 4.78 is 17.4. The molecule has 2 aromatic rings. The summed E-state index contributed by atoms with van der Waals surface area (Å²) in [6.45, 7) is 4.57. The highest BCUT2D eigenvalue weighted by atomic mass is 28.3. The highest BCUT2D eigenvalue weighted by molar-refractivity contribution is 6.80. The van der Waals surface area contributed by atoms with E-state index in [1.807, 2.05) is 0 Å². The third-order valence-electron chi connectivity index (χ3n) is 4.62. The second-order valence-electron chi connectivity index (χ2n) is 6.64. The Morgan fingerprint density at radius 1 is 0.778 bits per heavy atom. The lowest BCUT2D eigenvalue weighted by molar-refractivity contribution is 0.0488. The lowest BCUT2D eigenvalue weighted by Gasteiger charge is -2.16. The average Bonchev–Trinajstić information content (AvgIpc) is 2.73. The van der Waals surface area contributed by atoms with Crippen molar-refractivity contribution in [3.63, 3.8) is 0 Å². The molecule has 27 heavy (non-hydrogen) atoms. The van der Waals surface area contributed by atoms with Crippen LogP contribution in [0.15, 0.2) is 60.7 Å². The predicted molar refractivity (Wildman–Crippen MR) is 114 cm³/mol. The van der Waals surface area contributed by atoms with Crippen LogP contribution in [0.4, 0.5) is 0 Å². The first-order valence-electron chi connectivity index (χ1n) is 10.1. The van der Waals surface area contributed by atoms with E-state index in [1.165, 1.54) is 10.4 Å². The highest BCUT2D eigenvalue weighted by Gasteiger charge is 2.18. The smallest absolute Gasteiger partial charge is 0.282 e. The van der Waals surface area contributed by atoms with E-state index < -0.39 is 9.04 Å². The SMILES string of the molecule is CCC(CCOCCCCCO[Si](c1ccccc1)c1ccccc1)OC. The molecule has 1 unspecified atom stereocenters. The summed E-state index contributed by atoms with van der Waals surface area (Å²) in [6.07, 6.45) is 5.66. The van der Waals surface area contributed by atoms with Gasteiger partial charge in [0.05, 0.1) is 6.10 Å². The predicted octanol–water partition coefficient (Wildman–Crippen LogP) is 3.81. The number of ether oxygens (including phenoxy) is 2. The summed E-state index contributed by atoms with van der Waals surface area (Å²) in [5.74, 6) is 0. The van der Waals surface area contributed by atoms with Crippen molar-refractivity contribution >= 4 is 19.4 Å². The summed E-state index contributed by atoms with van der Waals surface area (Å²) in [6, 6.07) is 21.2. The Kier molecular flexibility index (Phi) is 11.1. The molecule has 147 valence electrons. The zero-order valence-corrected chi connectivity index (χ0v) is 17.7. The van der Waals surface area contributed by atoms with Crippen LogP contribution >= 0.6 is 0 Å². The molecule has 0 spiro atoms. The summed E-state index contributed by atoms with van der Waals surface area (Å²) >= 11 is 0. The standard InChI is InChI=1S/C23H33O3Si/c1-3-21(24-2)17-20-25-18-11-6-12-19-26-27(22-13-7-4-8-14-22)23-15-9-5-10-16-23/h4-5,7-10,13-16,21H,3,6,11-12,17-20H2,1-2H3. The van der Waals surface area contributed by atoms with Crippen LogP contribution in [-0.4, -0.2) is 42.1 Å². The van der Waals surface area contributed by atoms with Crippen molar-refractivity contribution in [2.45, 2.75) is 45.1 Å². The molecule has 1 radical (unpaired) electrons. The van der Waals surface area contributed by atoms with Crippen LogP contribution in [0.5, 0.6) is 0 Å². The Morgan fingerprint density at radius 2 is 1.37 bits per heavy atom. The number of rotatable bonds is 14. The van der Waals surface area contributed by atoms with E-state index >= 15 is 0 Å². The van der Waals surface area contributed by atoms with Crippen molar-refractivity contribution < 1.29 is 13.9 Å². The third-order valence-corrected chi connectivity index (χ3v) is 6.83. The topological polar surface area (TPSA) is 27.7 Å². The molecule has 0 saturated carbocycles. The first-order chi connectivity index (χ1) is 13.3. The summed E-state index contributed by atoms with van der Waals surface area (Å²) in [7, 11) is 0.612. The van der Waals surface area contributed by atoms with Crippen molar-refractivity contribution in [1.29, 1.82) is 0 Å². The van der Waals surface area contributed by atoms with E-state index in [1.54, 1.807) is 7.11 Å². The molecule has 0 bridgehead atoms. The first-order valence-corrected chi connectivity index (χ1v) is 11.5. The fourth-order valence-corrected chi connectivity index (χ4v) is 4.98. The van der Waals surface area contributed by atoms with E-state index in [0.717, 1.165) is 51.9 Å². The lowest BCUT2D eigenvalue weighted by Crippen LogP contribution is -2.45. The minimum absolute atomic E-state index is 0.329. The van der Waals surface area contributed by atoms with Gasteiger partial charge in [-0.15, -0.1) is 0 Å². The number of hydrogen-bond donors (Lipinski definition) is 0. The largest absolute Gasteiger partial charge is 0.407 e. The van der Waals surface area contributed by atoms with Crippen molar-refractivity contribution in [2.75, 3.05) is 26.9 Å². The zero-order chi connectivity index (χ0) is 19.2. The normalized spacial score (nSPS) is 12.4. The third kappa shape index (κ3) is 8.39. The molecule has 2 rings (SSSR count). The van der Waals surface area contributed by atoms with Gasteiger partial charge in [0.15, 0.2) is 0 Å². The molecule has 0 aliphatic carbocycles. The number of benzene rings is 2. The second-order valence-corrected chi connectivity index (χ2v) is 8.74. The van der Waals surface area contributed by atoms with E-state index in [4.69, 9.17) is 13.9 Å². The van der Waals surface area contributed by atoms with Crippen LogP contribution in [0, 0.1) is 0 Å². The Balaban J connectivity index is 1.65. The quantitative estimate of drug-likeness (QED) is 0.366. The molecule has 0 heterocycles. The van der Waals surface area contributed by atoms with Crippen LogP contribution in [0.25, 0.3) is 0 Å². The molecular weight excluding hydrogens is 352 g/mol. The molecule has 0 aliphatic heterocycles. The molecule has 0 aromatic heterocycles. The Morgan fingerprint density at radius 3 is 1.93 bits per heavy atom. The van der Waals surface area contributed by atoms with Gasteiger partial charge in [-0.3, -0.25) is 0 Å². The summed E-state index contributed by atoms with van der Waals surface area (Å²) in [5.41, 5.74) is 0. The average molecular weight is 386 g/mol.